The van der Waals surface area contributed by atoms with Crippen molar-refractivity contribution in [2.45, 2.75) is 20.0 Å². The van der Waals surface area contributed by atoms with Gasteiger partial charge in [0, 0.05) is 10.6 Å². The second-order valence-corrected chi connectivity index (χ2v) is 4.84. The molecule has 0 saturated carbocycles. The molecule has 0 unspecified atom stereocenters. The summed E-state index contributed by atoms with van der Waals surface area (Å²) in [5, 5.41) is 0.659. The van der Waals surface area contributed by atoms with Crippen molar-refractivity contribution in [1.29, 1.82) is 0 Å². The van der Waals surface area contributed by atoms with Gasteiger partial charge in [0.25, 0.3) is 0 Å². The summed E-state index contributed by atoms with van der Waals surface area (Å²) in [4.78, 5) is 12.2. The van der Waals surface area contributed by atoms with Crippen molar-refractivity contribution in [3.63, 3.8) is 0 Å². The standard InChI is InChI=1S/C16H15ClO2/c1-11-10-14(17)8-9-15(11)19-12(2)16(18)13-6-4-3-5-7-13/h3-10,12H,1-2H3/t12-/m0/s1. The number of hydrogen-bond donors (Lipinski definition) is 0. The van der Waals surface area contributed by atoms with Gasteiger partial charge in [0.1, 0.15) is 5.75 Å². The van der Waals surface area contributed by atoms with Crippen LogP contribution in [0, 0.1) is 6.92 Å². The first-order valence-corrected chi connectivity index (χ1v) is 6.48. The van der Waals surface area contributed by atoms with E-state index in [4.69, 9.17) is 16.3 Å². The van der Waals surface area contributed by atoms with Crippen molar-refractivity contribution < 1.29 is 9.53 Å². The third kappa shape index (κ3) is 3.36. The van der Waals surface area contributed by atoms with E-state index in [1.165, 1.54) is 0 Å². The Bertz CT molecular complexity index is 579. The Labute approximate surface area is 118 Å². The predicted octanol–water partition coefficient (Wildman–Crippen LogP) is 4.30. The molecule has 0 radical (unpaired) electrons. The maximum Gasteiger partial charge on any atom is 0.202 e. The van der Waals surface area contributed by atoms with E-state index in [9.17, 15) is 4.79 Å². The van der Waals surface area contributed by atoms with Crippen LogP contribution in [0.25, 0.3) is 0 Å². The Hall–Kier alpha value is -1.80. The molecular weight excluding hydrogens is 260 g/mol. The maximum atomic E-state index is 12.2. The molecule has 2 rings (SSSR count). The van der Waals surface area contributed by atoms with Gasteiger partial charge >= 0.3 is 0 Å². The van der Waals surface area contributed by atoms with Crippen LogP contribution in [0.15, 0.2) is 48.5 Å². The average Bonchev–Trinajstić information content (AvgIpc) is 2.42. The van der Waals surface area contributed by atoms with Gasteiger partial charge in [-0.25, -0.2) is 0 Å². The molecule has 0 aliphatic heterocycles. The first kappa shape index (κ1) is 13.6. The van der Waals surface area contributed by atoms with Crippen molar-refractivity contribution in [2.24, 2.45) is 0 Å². The van der Waals surface area contributed by atoms with E-state index in [-0.39, 0.29) is 5.78 Å². The van der Waals surface area contributed by atoms with E-state index in [2.05, 4.69) is 0 Å². The number of ketones is 1. The minimum atomic E-state index is -0.526. The molecule has 0 aromatic heterocycles. The fourth-order valence-electron chi connectivity index (χ4n) is 1.83. The molecule has 0 spiro atoms. The van der Waals surface area contributed by atoms with Gasteiger partial charge in [0.15, 0.2) is 6.10 Å². The Morgan fingerprint density at radius 1 is 1.16 bits per heavy atom. The van der Waals surface area contributed by atoms with Gasteiger partial charge in [0.05, 0.1) is 0 Å². The van der Waals surface area contributed by atoms with E-state index in [1.807, 2.05) is 31.2 Å². The topological polar surface area (TPSA) is 26.3 Å². The maximum absolute atomic E-state index is 12.2. The number of benzene rings is 2. The quantitative estimate of drug-likeness (QED) is 0.777. The Balaban J connectivity index is 2.13. The first-order chi connectivity index (χ1) is 9.08. The van der Waals surface area contributed by atoms with Crippen LogP contribution in [0.4, 0.5) is 0 Å². The van der Waals surface area contributed by atoms with Gasteiger partial charge in [0.2, 0.25) is 5.78 Å². The molecule has 0 N–H and O–H groups in total. The molecule has 0 aliphatic carbocycles. The van der Waals surface area contributed by atoms with Crippen LogP contribution in [-0.2, 0) is 0 Å². The lowest BCUT2D eigenvalue weighted by Gasteiger charge is -2.15. The van der Waals surface area contributed by atoms with E-state index >= 15 is 0 Å². The number of halogens is 1. The highest BCUT2D eigenvalue weighted by Gasteiger charge is 2.17. The zero-order chi connectivity index (χ0) is 13.8. The lowest BCUT2D eigenvalue weighted by atomic mass is 10.1. The minimum Gasteiger partial charge on any atom is -0.482 e. The van der Waals surface area contributed by atoms with Gasteiger partial charge in [-0.15, -0.1) is 0 Å². The monoisotopic (exact) mass is 274 g/mol. The number of carbonyl (C=O) groups is 1. The van der Waals surface area contributed by atoms with Gasteiger partial charge < -0.3 is 4.74 Å². The molecule has 3 heteroatoms. The molecule has 0 fully saturated rings. The fraction of sp³-hybridized carbons (Fsp3) is 0.188. The number of hydrogen-bond acceptors (Lipinski definition) is 2. The van der Waals surface area contributed by atoms with Crippen LogP contribution in [0.1, 0.15) is 22.8 Å². The third-order valence-electron chi connectivity index (χ3n) is 2.87. The normalized spacial score (nSPS) is 11.9. The second kappa shape index (κ2) is 5.89. The van der Waals surface area contributed by atoms with E-state index in [0.29, 0.717) is 16.3 Å². The Morgan fingerprint density at radius 2 is 1.84 bits per heavy atom. The minimum absolute atomic E-state index is 0.0325. The first-order valence-electron chi connectivity index (χ1n) is 6.10. The molecule has 0 aliphatic rings. The summed E-state index contributed by atoms with van der Waals surface area (Å²) in [6.45, 7) is 3.66. The van der Waals surface area contributed by atoms with Crippen LogP contribution in [0.3, 0.4) is 0 Å². The highest BCUT2D eigenvalue weighted by atomic mass is 35.5. The largest absolute Gasteiger partial charge is 0.482 e. The molecular formula is C16H15ClO2. The molecule has 2 aromatic carbocycles. The van der Waals surface area contributed by atoms with Crippen LogP contribution in [0.2, 0.25) is 5.02 Å². The molecule has 1 atom stereocenters. The van der Waals surface area contributed by atoms with E-state index in [1.54, 1.807) is 31.2 Å². The van der Waals surface area contributed by atoms with Crippen LogP contribution in [0.5, 0.6) is 5.75 Å². The summed E-state index contributed by atoms with van der Waals surface area (Å²) >= 11 is 5.89. The summed E-state index contributed by atoms with van der Waals surface area (Å²) < 4.78 is 5.71. The summed E-state index contributed by atoms with van der Waals surface area (Å²) in [6, 6.07) is 14.5. The summed E-state index contributed by atoms with van der Waals surface area (Å²) in [7, 11) is 0. The molecule has 2 nitrogen and oxygen atoms in total. The summed E-state index contributed by atoms with van der Waals surface area (Å²) in [5.41, 5.74) is 1.57. The van der Waals surface area contributed by atoms with Crippen molar-refractivity contribution in [2.75, 3.05) is 0 Å². The summed E-state index contributed by atoms with van der Waals surface area (Å²) in [5.74, 6) is 0.649. The third-order valence-corrected chi connectivity index (χ3v) is 3.10. The lowest BCUT2D eigenvalue weighted by molar-refractivity contribution is 0.0817. The molecule has 98 valence electrons. The summed E-state index contributed by atoms with van der Waals surface area (Å²) in [6.07, 6.45) is -0.526. The molecule has 2 aromatic rings. The van der Waals surface area contributed by atoms with Crippen LogP contribution >= 0.6 is 11.6 Å². The van der Waals surface area contributed by atoms with Crippen molar-refractivity contribution in [1.82, 2.24) is 0 Å². The molecule has 0 bridgehead atoms. The van der Waals surface area contributed by atoms with Gasteiger partial charge in [-0.05, 0) is 37.6 Å². The number of ether oxygens (including phenoxy) is 1. The number of carbonyl (C=O) groups excluding carboxylic acids is 1. The average molecular weight is 275 g/mol. The van der Waals surface area contributed by atoms with E-state index in [0.717, 1.165) is 5.56 Å². The van der Waals surface area contributed by atoms with Gasteiger partial charge in [-0.1, -0.05) is 41.9 Å². The lowest BCUT2D eigenvalue weighted by Crippen LogP contribution is -2.24. The number of rotatable bonds is 4. The van der Waals surface area contributed by atoms with E-state index < -0.39 is 6.10 Å². The van der Waals surface area contributed by atoms with Crippen molar-refractivity contribution in [3.8, 4) is 5.75 Å². The van der Waals surface area contributed by atoms with Gasteiger partial charge in [-0.2, -0.15) is 0 Å². The number of aryl methyl sites for hydroxylation is 1. The Morgan fingerprint density at radius 3 is 2.47 bits per heavy atom. The predicted molar refractivity (Wildman–Crippen MR) is 77.1 cm³/mol. The second-order valence-electron chi connectivity index (χ2n) is 4.40. The highest BCUT2D eigenvalue weighted by Crippen LogP contribution is 2.23. The zero-order valence-electron chi connectivity index (χ0n) is 10.9. The van der Waals surface area contributed by atoms with Crippen LogP contribution in [-0.4, -0.2) is 11.9 Å². The molecule has 0 saturated heterocycles. The zero-order valence-corrected chi connectivity index (χ0v) is 11.6. The highest BCUT2D eigenvalue weighted by molar-refractivity contribution is 6.30. The molecule has 0 heterocycles. The smallest absolute Gasteiger partial charge is 0.202 e. The van der Waals surface area contributed by atoms with Crippen molar-refractivity contribution >= 4 is 17.4 Å². The van der Waals surface area contributed by atoms with Crippen molar-refractivity contribution in [3.05, 3.63) is 64.7 Å². The number of Topliss-reactive ketones (excluding diaryl/α,β-unsaturated/α-hetero) is 1. The fourth-order valence-corrected chi connectivity index (χ4v) is 2.05. The molecule has 0 amide bonds. The Kier molecular flexibility index (Phi) is 4.23. The van der Waals surface area contributed by atoms with Crippen LogP contribution < -0.4 is 4.74 Å². The molecule has 19 heavy (non-hydrogen) atoms. The van der Waals surface area contributed by atoms with Gasteiger partial charge in [-0.3, -0.25) is 4.79 Å². The SMILES string of the molecule is Cc1cc(Cl)ccc1O[C@@H](C)C(=O)c1ccccc1.